The fraction of sp³-hybridized carbons (Fsp3) is 0.745. The first kappa shape index (κ1) is 61.7. The number of allylic oxidation sites excluding steroid dienone is 10. The van der Waals surface area contributed by atoms with Crippen molar-refractivity contribution in [2.45, 2.75) is 186 Å². The number of hydrogen-bond acceptors (Lipinski definition) is 13. The molecule has 15 nitrogen and oxygen atoms in total. The van der Waals surface area contributed by atoms with Gasteiger partial charge in [-0.1, -0.05) is 132 Å². The van der Waals surface area contributed by atoms with E-state index in [0.717, 1.165) is 70.6 Å². The highest BCUT2D eigenvalue weighted by Gasteiger charge is 2.28. The summed E-state index contributed by atoms with van der Waals surface area (Å²) in [5.74, 6) is -1.04. The number of ether oxygens (including phenoxy) is 2. The molecule has 0 amide bonds. The molecule has 0 fully saturated rings. The van der Waals surface area contributed by atoms with Crippen LogP contribution in [-0.2, 0) is 46.3 Å². The first-order chi connectivity index (χ1) is 30.8. The number of aliphatic hydroxyl groups is 3. The van der Waals surface area contributed by atoms with Crippen molar-refractivity contribution in [1.29, 1.82) is 0 Å². The quantitative estimate of drug-likeness (QED) is 0.0166. The lowest BCUT2D eigenvalue weighted by atomic mass is 10.1. The fourth-order valence-corrected chi connectivity index (χ4v) is 7.31. The van der Waals surface area contributed by atoms with E-state index in [9.17, 15) is 43.8 Å². The highest BCUT2D eigenvalue weighted by molar-refractivity contribution is 7.47. The number of hydrogen-bond donors (Lipinski definition) is 5. The molecule has 0 aromatic carbocycles. The summed E-state index contributed by atoms with van der Waals surface area (Å²) >= 11 is 0. The molecule has 0 radical (unpaired) electrons. The van der Waals surface area contributed by atoms with Crippen LogP contribution in [0.2, 0.25) is 0 Å². The summed E-state index contributed by atoms with van der Waals surface area (Å²) in [6.07, 6.45) is 40.7. The lowest BCUT2D eigenvalue weighted by Crippen LogP contribution is -2.25. The van der Waals surface area contributed by atoms with Crippen molar-refractivity contribution < 1.29 is 71.4 Å². The van der Waals surface area contributed by atoms with Crippen LogP contribution in [0.5, 0.6) is 0 Å². The summed E-state index contributed by atoms with van der Waals surface area (Å²) in [6, 6.07) is 0. The van der Waals surface area contributed by atoms with Gasteiger partial charge >= 0.3 is 27.6 Å². The maximum absolute atomic E-state index is 12.1. The van der Waals surface area contributed by atoms with Crippen LogP contribution in [0.3, 0.4) is 0 Å². The molecule has 5 unspecified atom stereocenters. The molecule has 372 valence electrons. The third kappa shape index (κ3) is 44.9. The van der Waals surface area contributed by atoms with Crippen molar-refractivity contribution in [3.63, 3.8) is 0 Å². The molecule has 17 heteroatoms. The number of phosphoric acid groups is 2. The number of aliphatic hydroxyl groups excluding tert-OH is 3. The number of rotatable bonds is 45. The minimum absolute atomic E-state index is 0.156. The van der Waals surface area contributed by atoms with Crippen LogP contribution in [0.15, 0.2) is 60.8 Å². The molecule has 0 saturated carbocycles. The normalized spacial score (nSPS) is 15.7. The third-order valence-corrected chi connectivity index (χ3v) is 11.3. The largest absolute Gasteiger partial charge is 0.472 e. The van der Waals surface area contributed by atoms with Gasteiger partial charge in [-0.2, -0.15) is 0 Å². The Hall–Kier alpha value is -2.26. The number of carbonyl (C=O) groups excluding carboxylic acids is 2. The summed E-state index contributed by atoms with van der Waals surface area (Å²) in [5, 5.41) is 30.0. The van der Waals surface area contributed by atoms with Crippen LogP contribution in [0, 0.1) is 0 Å². The standard InChI is InChI=1S/C47H84O15P2/c1-3-5-7-9-11-13-15-17-18-19-20-21-22-24-26-28-30-32-34-36-47(52)58-38-44(49)40-60-64(55,56)62-42-45(50)41-61-63(53,54)59-39-43(48)37-57-46(51)35-33-31-29-27-25-23-16-14-12-10-8-6-4-2/h11,13,17-18,20-21,23-26,43-45,48-50H,3-10,12,14-16,19,22,27-42H2,1-2H3,(H,53,54)(H,55,56)/b13-11-,18-17-,21-20-,25-23-,26-24-. The van der Waals surface area contributed by atoms with E-state index in [0.29, 0.717) is 12.8 Å². The van der Waals surface area contributed by atoms with E-state index in [2.05, 4.69) is 92.7 Å². The first-order valence-electron chi connectivity index (χ1n) is 23.6. The summed E-state index contributed by atoms with van der Waals surface area (Å²) in [4.78, 5) is 43.7. The third-order valence-electron chi connectivity index (χ3n) is 9.45. The second-order valence-corrected chi connectivity index (χ2v) is 18.7. The van der Waals surface area contributed by atoms with Crippen molar-refractivity contribution in [2.75, 3.05) is 39.6 Å². The summed E-state index contributed by atoms with van der Waals surface area (Å²) < 4.78 is 52.9. The Morgan fingerprint density at radius 2 is 0.672 bits per heavy atom. The smallest absolute Gasteiger partial charge is 0.463 e. The van der Waals surface area contributed by atoms with E-state index in [1.807, 2.05) is 0 Å². The average Bonchev–Trinajstić information content (AvgIpc) is 3.27. The van der Waals surface area contributed by atoms with Crippen LogP contribution in [0.25, 0.3) is 0 Å². The minimum Gasteiger partial charge on any atom is -0.463 e. The molecule has 0 aromatic rings. The summed E-state index contributed by atoms with van der Waals surface area (Å²) in [6.45, 7) is 0.311. The summed E-state index contributed by atoms with van der Waals surface area (Å²) in [7, 11) is -9.58. The van der Waals surface area contributed by atoms with Crippen LogP contribution < -0.4 is 0 Å². The minimum atomic E-state index is -4.80. The Balaban J connectivity index is 3.96. The molecule has 5 atom stereocenters. The topological polar surface area (TPSA) is 225 Å². The summed E-state index contributed by atoms with van der Waals surface area (Å²) in [5.41, 5.74) is 0. The van der Waals surface area contributed by atoms with Crippen molar-refractivity contribution in [3.05, 3.63) is 60.8 Å². The molecule has 5 N–H and O–H groups in total. The Morgan fingerprint density at radius 1 is 0.406 bits per heavy atom. The van der Waals surface area contributed by atoms with Gasteiger partial charge in [-0.05, 0) is 83.5 Å². The maximum atomic E-state index is 12.1. The monoisotopic (exact) mass is 951 g/mol. The van der Waals surface area contributed by atoms with Gasteiger partial charge in [0.25, 0.3) is 0 Å². The Labute approximate surface area is 384 Å². The highest BCUT2D eigenvalue weighted by atomic mass is 31.2. The molecule has 0 rings (SSSR count). The van der Waals surface area contributed by atoms with Crippen LogP contribution in [-0.4, -0.2) is 95.0 Å². The highest BCUT2D eigenvalue weighted by Crippen LogP contribution is 2.45. The van der Waals surface area contributed by atoms with Crippen molar-refractivity contribution in [3.8, 4) is 0 Å². The van der Waals surface area contributed by atoms with Gasteiger partial charge < -0.3 is 34.6 Å². The van der Waals surface area contributed by atoms with Crippen molar-refractivity contribution in [2.24, 2.45) is 0 Å². The number of esters is 2. The van der Waals surface area contributed by atoms with Gasteiger partial charge in [0.1, 0.15) is 31.5 Å². The van der Waals surface area contributed by atoms with Crippen LogP contribution >= 0.6 is 15.6 Å². The van der Waals surface area contributed by atoms with Gasteiger partial charge in [-0.25, -0.2) is 9.13 Å². The molecule has 0 aromatic heterocycles. The second-order valence-electron chi connectivity index (χ2n) is 15.8. The molecule has 64 heavy (non-hydrogen) atoms. The van der Waals surface area contributed by atoms with Gasteiger partial charge in [-0.3, -0.25) is 27.7 Å². The van der Waals surface area contributed by atoms with Gasteiger partial charge in [0, 0.05) is 12.8 Å². The molecular weight excluding hydrogens is 866 g/mol. The molecule has 0 aliphatic heterocycles. The number of unbranched alkanes of at least 4 members (excludes halogenated alkanes) is 15. The predicted molar refractivity (Wildman–Crippen MR) is 251 cm³/mol. The Bertz CT molecular complexity index is 1380. The Kier molecular flexibility index (Phi) is 41.8. The SMILES string of the molecule is CCCCC/C=C\C/C=C\C/C=C\C/C=C\CCCCCC(=O)OCC(O)COP(=O)(O)OCC(O)COP(=O)(O)OCC(O)COC(=O)CCCCC/C=C\CCCCCCCC. The molecule has 0 heterocycles. The van der Waals surface area contributed by atoms with Gasteiger partial charge in [-0.15, -0.1) is 0 Å². The van der Waals surface area contributed by atoms with Gasteiger partial charge in [0.05, 0.1) is 26.4 Å². The van der Waals surface area contributed by atoms with Crippen molar-refractivity contribution in [1.82, 2.24) is 0 Å². The molecule has 0 saturated heterocycles. The number of carbonyl (C=O) groups is 2. The average molecular weight is 951 g/mol. The predicted octanol–water partition coefficient (Wildman–Crippen LogP) is 10.6. The lowest BCUT2D eigenvalue weighted by Gasteiger charge is -2.19. The van der Waals surface area contributed by atoms with Gasteiger partial charge in [0.2, 0.25) is 0 Å². The van der Waals surface area contributed by atoms with E-state index in [4.69, 9.17) is 9.47 Å². The fourth-order valence-electron chi connectivity index (χ4n) is 5.72. The van der Waals surface area contributed by atoms with Crippen LogP contribution in [0.4, 0.5) is 0 Å². The van der Waals surface area contributed by atoms with E-state index >= 15 is 0 Å². The van der Waals surface area contributed by atoms with E-state index in [1.54, 1.807) is 0 Å². The van der Waals surface area contributed by atoms with E-state index in [1.165, 1.54) is 57.8 Å². The molecule has 0 aliphatic carbocycles. The zero-order valence-electron chi connectivity index (χ0n) is 38.9. The zero-order valence-corrected chi connectivity index (χ0v) is 40.7. The van der Waals surface area contributed by atoms with Crippen LogP contribution in [0.1, 0.15) is 168 Å². The first-order valence-corrected chi connectivity index (χ1v) is 26.6. The lowest BCUT2D eigenvalue weighted by molar-refractivity contribution is -0.148. The van der Waals surface area contributed by atoms with E-state index < -0.39 is 85.5 Å². The number of phosphoric ester groups is 2. The van der Waals surface area contributed by atoms with Crippen molar-refractivity contribution >= 4 is 27.6 Å². The molecule has 0 spiro atoms. The maximum Gasteiger partial charge on any atom is 0.472 e. The molecular formula is C47H84O15P2. The molecule has 0 bridgehead atoms. The molecule has 0 aliphatic rings. The Morgan fingerprint density at radius 3 is 1.05 bits per heavy atom. The zero-order chi connectivity index (χ0) is 47.4. The van der Waals surface area contributed by atoms with Gasteiger partial charge in [0.15, 0.2) is 0 Å². The van der Waals surface area contributed by atoms with E-state index in [-0.39, 0.29) is 12.8 Å². The second kappa shape index (κ2) is 43.3.